The maximum absolute atomic E-state index is 6.19. The molecule has 0 spiro atoms. The van der Waals surface area contributed by atoms with Crippen LogP contribution in [0, 0.1) is 0 Å². The Bertz CT molecular complexity index is 588. The average Bonchev–Trinajstić information content (AvgIpc) is 2.57. The third-order valence-electron chi connectivity index (χ3n) is 2.88. The van der Waals surface area contributed by atoms with Crippen LogP contribution in [-0.2, 0) is 7.05 Å². The molecule has 0 saturated carbocycles. The number of hydrogen-bond donors (Lipinski definition) is 1. The zero-order valence-electron chi connectivity index (χ0n) is 10.5. The summed E-state index contributed by atoms with van der Waals surface area (Å²) in [5.41, 5.74) is 7.61. The van der Waals surface area contributed by atoms with Crippen LogP contribution in [0.1, 0.15) is 25.6 Å². The van der Waals surface area contributed by atoms with Gasteiger partial charge in [0.15, 0.2) is 0 Å². The maximum atomic E-state index is 6.19. The minimum atomic E-state index is 0.303. The van der Waals surface area contributed by atoms with Gasteiger partial charge in [-0.2, -0.15) is 0 Å². The second kappa shape index (κ2) is 4.82. The summed E-state index contributed by atoms with van der Waals surface area (Å²) in [5.74, 6) is 1.86. The lowest BCUT2D eigenvalue weighted by molar-refractivity contribution is 0.715. The monoisotopic (exact) mass is 283 g/mol. The van der Waals surface area contributed by atoms with Gasteiger partial charge in [-0.3, -0.25) is 0 Å². The molecule has 2 N–H and O–H groups in total. The van der Waals surface area contributed by atoms with E-state index in [9.17, 15) is 0 Å². The highest BCUT2D eigenvalue weighted by molar-refractivity contribution is 6.36. The summed E-state index contributed by atoms with van der Waals surface area (Å²) in [5, 5.41) is 1.16. The molecule has 0 unspecified atom stereocenters. The van der Waals surface area contributed by atoms with Gasteiger partial charge in [-0.15, -0.1) is 0 Å². The molecule has 2 aromatic rings. The molecule has 0 amide bonds. The number of nitrogens with zero attached hydrogens (tertiary/aromatic N) is 2. The predicted molar refractivity (Wildman–Crippen MR) is 77.2 cm³/mol. The normalized spacial score (nSPS) is 11.2. The van der Waals surface area contributed by atoms with E-state index in [-0.39, 0.29) is 0 Å². The van der Waals surface area contributed by atoms with Crippen molar-refractivity contribution >= 4 is 29.0 Å². The second-order valence-corrected chi connectivity index (χ2v) is 5.39. The van der Waals surface area contributed by atoms with Gasteiger partial charge in [0.05, 0.1) is 5.02 Å². The highest BCUT2D eigenvalue weighted by atomic mass is 35.5. The number of aromatic nitrogens is 2. The van der Waals surface area contributed by atoms with E-state index >= 15 is 0 Å². The Labute approximate surface area is 117 Å². The summed E-state index contributed by atoms with van der Waals surface area (Å²) in [4.78, 5) is 4.58. The van der Waals surface area contributed by atoms with Gasteiger partial charge in [0, 0.05) is 23.6 Å². The lowest BCUT2D eigenvalue weighted by Gasteiger charge is -2.04. The Balaban J connectivity index is 2.61. The van der Waals surface area contributed by atoms with Crippen molar-refractivity contribution < 1.29 is 0 Å². The van der Waals surface area contributed by atoms with Crippen molar-refractivity contribution in [3.8, 4) is 11.3 Å². The summed E-state index contributed by atoms with van der Waals surface area (Å²) in [6.07, 6.45) is 0. The van der Waals surface area contributed by atoms with Crippen molar-refractivity contribution in [1.82, 2.24) is 9.55 Å². The molecule has 0 saturated heterocycles. The van der Waals surface area contributed by atoms with Crippen molar-refractivity contribution in [3.05, 3.63) is 34.1 Å². The van der Waals surface area contributed by atoms with E-state index in [2.05, 4.69) is 18.8 Å². The van der Waals surface area contributed by atoms with Crippen LogP contribution in [0.3, 0.4) is 0 Å². The van der Waals surface area contributed by atoms with Gasteiger partial charge in [0.2, 0.25) is 0 Å². The molecule has 3 nitrogen and oxygen atoms in total. The Morgan fingerprint density at radius 1 is 1.28 bits per heavy atom. The fraction of sp³-hybridized carbons (Fsp3) is 0.308. The van der Waals surface area contributed by atoms with E-state index in [1.54, 1.807) is 12.1 Å². The standard InChI is InChI=1S/C13H15Cl2N3/c1-7(2)13-17-11(12(16)18(13)3)9-5-4-8(14)6-10(9)15/h4-7H,16H2,1-3H3. The molecule has 0 atom stereocenters. The van der Waals surface area contributed by atoms with Crippen LogP contribution < -0.4 is 5.73 Å². The Morgan fingerprint density at radius 2 is 1.94 bits per heavy atom. The summed E-state index contributed by atoms with van der Waals surface area (Å²) in [6.45, 7) is 4.16. The van der Waals surface area contributed by atoms with E-state index in [1.165, 1.54) is 0 Å². The van der Waals surface area contributed by atoms with E-state index in [4.69, 9.17) is 28.9 Å². The zero-order chi connectivity index (χ0) is 13.4. The number of nitrogen functional groups attached to an aromatic ring is 1. The molecule has 5 heteroatoms. The summed E-state index contributed by atoms with van der Waals surface area (Å²) < 4.78 is 1.89. The first kappa shape index (κ1) is 13.2. The van der Waals surface area contributed by atoms with Crippen LogP contribution in [-0.4, -0.2) is 9.55 Å². The first-order chi connectivity index (χ1) is 8.41. The number of halogens is 2. The fourth-order valence-electron chi connectivity index (χ4n) is 1.93. The molecule has 1 aromatic carbocycles. The van der Waals surface area contributed by atoms with Gasteiger partial charge in [0.1, 0.15) is 17.3 Å². The van der Waals surface area contributed by atoms with Gasteiger partial charge in [0.25, 0.3) is 0 Å². The molecule has 0 aliphatic carbocycles. The molecule has 0 fully saturated rings. The Hall–Kier alpha value is -1.19. The minimum absolute atomic E-state index is 0.303. The molecule has 96 valence electrons. The topological polar surface area (TPSA) is 43.8 Å². The maximum Gasteiger partial charge on any atom is 0.131 e. The van der Waals surface area contributed by atoms with Crippen molar-refractivity contribution in [2.45, 2.75) is 19.8 Å². The molecule has 2 rings (SSSR count). The molecule has 1 heterocycles. The van der Waals surface area contributed by atoms with E-state index < -0.39 is 0 Å². The van der Waals surface area contributed by atoms with Crippen LogP contribution in [0.25, 0.3) is 11.3 Å². The molecular formula is C13H15Cl2N3. The number of hydrogen-bond acceptors (Lipinski definition) is 2. The van der Waals surface area contributed by atoms with Crippen LogP contribution in [0.15, 0.2) is 18.2 Å². The summed E-state index contributed by atoms with van der Waals surface area (Å²) in [6, 6.07) is 5.32. The van der Waals surface area contributed by atoms with E-state index in [0.717, 1.165) is 11.4 Å². The number of imidazole rings is 1. The van der Waals surface area contributed by atoms with Crippen LogP contribution >= 0.6 is 23.2 Å². The molecule has 0 aliphatic rings. The largest absolute Gasteiger partial charge is 0.383 e. The minimum Gasteiger partial charge on any atom is -0.383 e. The zero-order valence-corrected chi connectivity index (χ0v) is 12.0. The molecule has 18 heavy (non-hydrogen) atoms. The lowest BCUT2D eigenvalue weighted by Crippen LogP contribution is -2.02. The van der Waals surface area contributed by atoms with Crippen LogP contribution in [0.4, 0.5) is 5.82 Å². The van der Waals surface area contributed by atoms with Crippen molar-refractivity contribution in [1.29, 1.82) is 0 Å². The van der Waals surface area contributed by atoms with Gasteiger partial charge >= 0.3 is 0 Å². The third-order valence-corrected chi connectivity index (χ3v) is 3.42. The number of benzene rings is 1. The smallest absolute Gasteiger partial charge is 0.131 e. The van der Waals surface area contributed by atoms with Gasteiger partial charge in [-0.25, -0.2) is 4.98 Å². The summed E-state index contributed by atoms with van der Waals surface area (Å²) >= 11 is 12.1. The number of anilines is 1. The average molecular weight is 284 g/mol. The van der Waals surface area contributed by atoms with Crippen LogP contribution in [0.2, 0.25) is 10.0 Å². The van der Waals surface area contributed by atoms with Gasteiger partial charge < -0.3 is 10.3 Å². The molecule has 1 aromatic heterocycles. The van der Waals surface area contributed by atoms with Crippen LogP contribution in [0.5, 0.6) is 0 Å². The summed E-state index contributed by atoms with van der Waals surface area (Å²) in [7, 11) is 1.91. The Morgan fingerprint density at radius 3 is 2.44 bits per heavy atom. The second-order valence-electron chi connectivity index (χ2n) is 4.54. The van der Waals surface area contributed by atoms with Crippen molar-refractivity contribution in [2.24, 2.45) is 7.05 Å². The number of rotatable bonds is 2. The highest BCUT2D eigenvalue weighted by Gasteiger charge is 2.17. The van der Waals surface area contributed by atoms with E-state index in [0.29, 0.717) is 27.5 Å². The SMILES string of the molecule is CC(C)c1nc(-c2ccc(Cl)cc2Cl)c(N)n1C. The highest BCUT2D eigenvalue weighted by Crippen LogP contribution is 2.34. The molecule has 0 bridgehead atoms. The number of nitrogens with two attached hydrogens (primary N) is 1. The van der Waals surface area contributed by atoms with Crippen molar-refractivity contribution in [2.75, 3.05) is 5.73 Å². The molecule has 0 aliphatic heterocycles. The third kappa shape index (κ3) is 2.20. The predicted octanol–water partition coefficient (Wildman–Crippen LogP) is 4.10. The Kier molecular flexibility index (Phi) is 3.55. The van der Waals surface area contributed by atoms with Crippen molar-refractivity contribution in [3.63, 3.8) is 0 Å². The van der Waals surface area contributed by atoms with Gasteiger partial charge in [-0.1, -0.05) is 37.0 Å². The fourth-order valence-corrected chi connectivity index (χ4v) is 2.42. The quantitative estimate of drug-likeness (QED) is 0.902. The molecule has 0 radical (unpaired) electrons. The lowest BCUT2D eigenvalue weighted by atomic mass is 10.1. The first-order valence-corrected chi connectivity index (χ1v) is 6.45. The first-order valence-electron chi connectivity index (χ1n) is 5.69. The molecular weight excluding hydrogens is 269 g/mol. The van der Waals surface area contributed by atoms with E-state index in [1.807, 2.05) is 17.7 Å². The van der Waals surface area contributed by atoms with Gasteiger partial charge in [-0.05, 0) is 18.2 Å².